The van der Waals surface area contributed by atoms with Crippen molar-refractivity contribution >= 4 is 22.4 Å². The molecule has 1 aromatic heterocycles. The van der Waals surface area contributed by atoms with Crippen LogP contribution in [0.3, 0.4) is 0 Å². The Bertz CT molecular complexity index is 365. The van der Waals surface area contributed by atoms with Gasteiger partial charge < -0.3 is 11.1 Å². The number of thiazole rings is 1. The topological polar surface area (TPSA) is 68.0 Å². The highest BCUT2D eigenvalue weighted by molar-refractivity contribution is 7.13. The maximum absolute atomic E-state index is 11.9. The van der Waals surface area contributed by atoms with Crippen LogP contribution in [0.1, 0.15) is 25.0 Å². The minimum atomic E-state index is -0.320. The molecule has 4 nitrogen and oxygen atoms in total. The van der Waals surface area contributed by atoms with Gasteiger partial charge in [0.2, 0.25) is 5.91 Å². The summed E-state index contributed by atoms with van der Waals surface area (Å²) in [5, 5.41) is 5.45. The molecule has 2 rings (SSSR count). The van der Waals surface area contributed by atoms with E-state index in [0.29, 0.717) is 11.7 Å². The number of anilines is 1. The Kier molecular flexibility index (Phi) is 2.75. The fourth-order valence-corrected chi connectivity index (χ4v) is 2.45. The predicted molar refractivity (Wildman–Crippen MR) is 60.8 cm³/mol. The molecule has 1 aliphatic carbocycles. The Balaban J connectivity index is 2.03. The predicted octanol–water partition coefficient (Wildman–Crippen LogP) is 1.52. The zero-order valence-corrected chi connectivity index (χ0v) is 9.56. The van der Waals surface area contributed by atoms with E-state index in [4.69, 9.17) is 5.73 Å². The average Bonchev–Trinajstić information content (AvgIpc) is 2.50. The monoisotopic (exact) mass is 225 g/mol. The second-order valence-electron chi connectivity index (χ2n) is 4.09. The lowest BCUT2D eigenvalue weighted by Gasteiger charge is -2.38. The summed E-state index contributed by atoms with van der Waals surface area (Å²) in [7, 11) is 0. The highest BCUT2D eigenvalue weighted by Crippen LogP contribution is 2.40. The second-order valence-corrected chi connectivity index (χ2v) is 4.94. The second kappa shape index (κ2) is 3.90. The lowest BCUT2D eigenvalue weighted by molar-refractivity contribution is -0.129. The van der Waals surface area contributed by atoms with Gasteiger partial charge in [0, 0.05) is 11.9 Å². The number of rotatable bonds is 3. The first-order valence-electron chi connectivity index (χ1n) is 5.10. The number of amides is 1. The zero-order valence-electron chi connectivity index (χ0n) is 8.75. The Morgan fingerprint density at radius 3 is 2.87 bits per heavy atom. The molecule has 0 bridgehead atoms. The maximum Gasteiger partial charge on any atom is 0.233 e. The first kappa shape index (κ1) is 10.6. The summed E-state index contributed by atoms with van der Waals surface area (Å²) in [5.41, 5.74) is 6.27. The zero-order chi connectivity index (χ0) is 10.9. The van der Waals surface area contributed by atoms with E-state index in [2.05, 4.69) is 10.3 Å². The largest absolute Gasteiger partial charge is 0.329 e. The van der Waals surface area contributed by atoms with E-state index in [0.717, 1.165) is 25.0 Å². The van der Waals surface area contributed by atoms with E-state index in [1.165, 1.54) is 11.3 Å². The van der Waals surface area contributed by atoms with Gasteiger partial charge in [-0.25, -0.2) is 4.98 Å². The number of nitrogens with zero attached hydrogens (tertiary/aromatic N) is 1. The molecule has 82 valence electrons. The molecular weight excluding hydrogens is 210 g/mol. The lowest BCUT2D eigenvalue weighted by atomic mass is 9.68. The van der Waals surface area contributed by atoms with Gasteiger partial charge in [-0.1, -0.05) is 6.42 Å². The number of hydrogen-bond donors (Lipinski definition) is 2. The number of hydrogen-bond acceptors (Lipinski definition) is 4. The average molecular weight is 225 g/mol. The number of nitrogens with one attached hydrogen (secondary N) is 1. The quantitative estimate of drug-likeness (QED) is 0.819. The standard InChI is InChI=1S/C10H15N3OS/c1-7-5-15-9(12-7)13-8(14)10(6-11)3-2-4-10/h5H,2-4,6,11H2,1H3,(H,12,13,14). The number of aromatic nitrogens is 1. The van der Waals surface area contributed by atoms with Crippen molar-refractivity contribution in [1.29, 1.82) is 0 Å². The van der Waals surface area contributed by atoms with E-state index >= 15 is 0 Å². The molecule has 1 saturated carbocycles. The van der Waals surface area contributed by atoms with Gasteiger partial charge in [0.1, 0.15) is 0 Å². The van der Waals surface area contributed by atoms with Crippen LogP contribution < -0.4 is 11.1 Å². The molecule has 0 unspecified atom stereocenters. The van der Waals surface area contributed by atoms with Gasteiger partial charge in [0.25, 0.3) is 0 Å². The SMILES string of the molecule is Cc1csc(NC(=O)C2(CN)CCC2)n1. The van der Waals surface area contributed by atoms with Crippen molar-refractivity contribution in [3.63, 3.8) is 0 Å². The Labute approximate surface area is 92.9 Å². The molecular formula is C10H15N3OS. The maximum atomic E-state index is 11.9. The molecule has 1 aliphatic rings. The van der Waals surface area contributed by atoms with Crippen LogP contribution in [0.5, 0.6) is 0 Å². The number of carbonyl (C=O) groups is 1. The van der Waals surface area contributed by atoms with Crippen LogP contribution in [0.25, 0.3) is 0 Å². The van der Waals surface area contributed by atoms with Crippen molar-refractivity contribution in [3.05, 3.63) is 11.1 Å². The van der Waals surface area contributed by atoms with Crippen LogP contribution in [0.2, 0.25) is 0 Å². The van der Waals surface area contributed by atoms with Gasteiger partial charge in [0.05, 0.1) is 11.1 Å². The van der Waals surface area contributed by atoms with Crippen molar-refractivity contribution in [3.8, 4) is 0 Å². The van der Waals surface area contributed by atoms with Gasteiger partial charge in [-0.2, -0.15) is 0 Å². The normalized spacial score (nSPS) is 18.3. The summed E-state index contributed by atoms with van der Waals surface area (Å²) >= 11 is 1.46. The minimum absolute atomic E-state index is 0.0330. The van der Waals surface area contributed by atoms with Crippen molar-refractivity contribution in [2.45, 2.75) is 26.2 Å². The van der Waals surface area contributed by atoms with Gasteiger partial charge in [-0.3, -0.25) is 4.79 Å². The number of carbonyl (C=O) groups excluding carboxylic acids is 1. The smallest absolute Gasteiger partial charge is 0.233 e. The van der Waals surface area contributed by atoms with E-state index in [1.807, 2.05) is 12.3 Å². The molecule has 0 atom stereocenters. The summed E-state index contributed by atoms with van der Waals surface area (Å²) in [6.45, 7) is 2.34. The third-order valence-electron chi connectivity index (χ3n) is 3.02. The van der Waals surface area contributed by atoms with Crippen LogP contribution in [0, 0.1) is 12.3 Å². The van der Waals surface area contributed by atoms with Crippen LogP contribution in [0.15, 0.2) is 5.38 Å². The Morgan fingerprint density at radius 1 is 1.73 bits per heavy atom. The lowest BCUT2D eigenvalue weighted by Crippen LogP contribution is -2.47. The molecule has 3 N–H and O–H groups in total. The third-order valence-corrected chi connectivity index (χ3v) is 3.90. The summed E-state index contributed by atoms with van der Waals surface area (Å²) in [6.07, 6.45) is 2.90. The summed E-state index contributed by atoms with van der Waals surface area (Å²) in [6, 6.07) is 0. The Hall–Kier alpha value is -0.940. The fourth-order valence-electron chi connectivity index (χ4n) is 1.77. The van der Waals surface area contributed by atoms with Crippen LogP contribution in [-0.2, 0) is 4.79 Å². The van der Waals surface area contributed by atoms with Gasteiger partial charge in [-0.05, 0) is 19.8 Å². The van der Waals surface area contributed by atoms with Crippen molar-refractivity contribution in [2.75, 3.05) is 11.9 Å². The number of aryl methyl sites for hydroxylation is 1. The molecule has 5 heteroatoms. The molecule has 0 spiro atoms. The first-order valence-corrected chi connectivity index (χ1v) is 5.98. The van der Waals surface area contributed by atoms with Crippen LogP contribution in [-0.4, -0.2) is 17.4 Å². The van der Waals surface area contributed by atoms with Crippen molar-refractivity contribution in [2.24, 2.45) is 11.1 Å². The van der Waals surface area contributed by atoms with E-state index < -0.39 is 0 Å². The highest BCUT2D eigenvalue weighted by atomic mass is 32.1. The molecule has 1 aromatic rings. The molecule has 0 aromatic carbocycles. The third kappa shape index (κ3) is 1.89. The van der Waals surface area contributed by atoms with Crippen LogP contribution >= 0.6 is 11.3 Å². The Morgan fingerprint density at radius 2 is 2.47 bits per heavy atom. The van der Waals surface area contributed by atoms with Crippen molar-refractivity contribution in [1.82, 2.24) is 4.98 Å². The summed E-state index contributed by atoms with van der Waals surface area (Å²) in [5.74, 6) is 0.0330. The van der Waals surface area contributed by atoms with Crippen LogP contribution in [0.4, 0.5) is 5.13 Å². The van der Waals surface area contributed by atoms with Gasteiger partial charge >= 0.3 is 0 Å². The van der Waals surface area contributed by atoms with E-state index in [1.54, 1.807) is 0 Å². The molecule has 0 aliphatic heterocycles. The molecule has 1 amide bonds. The minimum Gasteiger partial charge on any atom is -0.329 e. The molecule has 1 heterocycles. The van der Waals surface area contributed by atoms with Gasteiger partial charge in [0.15, 0.2) is 5.13 Å². The molecule has 15 heavy (non-hydrogen) atoms. The summed E-state index contributed by atoms with van der Waals surface area (Å²) in [4.78, 5) is 16.1. The fraction of sp³-hybridized carbons (Fsp3) is 0.600. The molecule has 0 saturated heterocycles. The van der Waals surface area contributed by atoms with Crippen molar-refractivity contribution < 1.29 is 4.79 Å². The molecule has 0 radical (unpaired) electrons. The molecule has 1 fully saturated rings. The van der Waals surface area contributed by atoms with E-state index in [9.17, 15) is 4.79 Å². The summed E-state index contributed by atoms with van der Waals surface area (Å²) < 4.78 is 0. The first-order chi connectivity index (χ1) is 7.16. The number of nitrogens with two attached hydrogens (primary N) is 1. The highest BCUT2D eigenvalue weighted by Gasteiger charge is 2.43. The van der Waals surface area contributed by atoms with Gasteiger partial charge in [-0.15, -0.1) is 11.3 Å². The van der Waals surface area contributed by atoms with E-state index in [-0.39, 0.29) is 11.3 Å².